The molecule has 4 saturated carbocycles. The lowest BCUT2D eigenvalue weighted by atomic mass is 9.33. The van der Waals surface area contributed by atoms with Crippen molar-refractivity contribution >= 4 is 17.9 Å². The second kappa shape index (κ2) is 24.2. The van der Waals surface area contributed by atoms with Crippen LogP contribution in [0, 0.1) is 50.2 Å². The van der Waals surface area contributed by atoms with Gasteiger partial charge in [0.15, 0.2) is 31.1 Å². The van der Waals surface area contributed by atoms with Crippen molar-refractivity contribution in [2.45, 2.75) is 232 Å². The molecule has 7 unspecified atom stereocenters. The first kappa shape index (κ1) is 64.5. The highest BCUT2D eigenvalue weighted by atomic mass is 16.8. The van der Waals surface area contributed by atoms with Gasteiger partial charge in [0.1, 0.15) is 61.0 Å². The normalized spacial score (nSPS) is 44.0. The minimum Gasteiger partial charge on any atom is -0.479 e. The van der Waals surface area contributed by atoms with Gasteiger partial charge in [-0.2, -0.15) is 0 Å². The zero-order chi connectivity index (χ0) is 59.6. The molecule has 80 heavy (non-hydrogen) atoms. The Labute approximate surface area is 469 Å². The van der Waals surface area contributed by atoms with Gasteiger partial charge in [0.05, 0.1) is 44.1 Å². The molecule has 0 amide bonds. The second-order valence-corrected chi connectivity index (χ2v) is 26.0. The molecule has 2 aliphatic heterocycles. The molecular weight excluding hydrogens is 1050 g/mol. The zero-order valence-corrected chi connectivity index (χ0v) is 48.5. The van der Waals surface area contributed by atoms with E-state index in [4.69, 9.17) is 37.9 Å². The Hall–Kier alpha value is -3.01. The summed E-state index contributed by atoms with van der Waals surface area (Å²) >= 11 is 0. The smallest absolute Gasteiger partial charge is 0.335 e. The predicted octanol–water partition coefficient (Wildman–Crippen LogP) is 1.93. The molecule has 0 radical (unpaired) electrons. The minimum atomic E-state index is -2.10. The number of carbonyl (C=O) groups excluding carboxylic acids is 2. The number of allylic oxidation sites excluding steroid dienone is 4. The fraction of sp³-hybridized carbons (Fsp3) is 0.845. The summed E-state index contributed by atoms with van der Waals surface area (Å²) in [6.07, 6.45) is -16.2. The van der Waals surface area contributed by atoms with E-state index in [0.717, 1.165) is 5.57 Å². The number of esters is 2. The molecule has 0 aromatic carbocycles. The summed E-state index contributed by atoms with van der Waals surface area (Å²) in [5.74, 6) is -3.36. The number of hydrogen-bond acceptors (Lipinski definition) is 21. The van der Waals surface area contributed by atoms with E-state index in [9.17, 15) is 70.6 Å². The third-order valence-electron chi connectivity index (χ3n) is 20.9. The monoisotopic (exact) mass is 1140 g/mol. The van der Waals surface area contributed by atoms with Gasteiger partial charge in [0, 0.05) is 16.6 Å². The summed E-state index contributed by atoms with van der Waals surface area (Å²) in [4.78, 5) is 40.4. The summed E-state index contributed by atoms with van der Waals surface area (Å²) < 4.78 is 48.3. The molecule has 0 aromatic rings. The molecule has 5 aliphatic carbocycles. The lowest BCUT2D eigenvalue weighted by Crippen LogP contribution is -2.72. The minimum absolute atomic E-state index is 0.0359. The maximum Gasteiger partial charge on any atom is 0.335 e. The number of carbonyl (C=O) groups is 3. The Balaban J connectivity index is 1.19. The maximum absolute atomic E-state index is 13.8. The number of ether oxygens (including phenoxy) is 8. The molecule has 6 fully saturated rings. The van der Waals surface area contributed by atoms with Gasteiger partial charge in [-0.25, -0.2) is 14.4 Å². The van der Waals surface area contributed by atoms with E-state index in [1.54, 1.807) is 39.8 Å². The fourth-order valence-electron chi connectivity index (χ4n) is 15.7. The molecule has 2 saturated heterocycles. The average Bonchev–Trinajstić information content (AvgIpc) is 1.93. The van der Waals surface area contributed by atoms with Crippen molar-refractivity contribution < 1.29 is 108 Å². The largest absolute Gasteiger partial charge is 0.479 e. The van der Waals surface area contributed by atoms with E-state index < -0.39 is 182 Å². The van der Waals surface area contributed by atoms with Crippen LogP contribution in [0.1, 0.15) is 128 Å². The van der Waals surface area contributed by atoms with Crippen LogP contribution in [-0.2, 0) is 52.3 Å². The Kier molecular flexibility index (Phi) is 19.5. The van der Waals surface area contributed by atoms with Gasteiger partial charge in [-0.05, 0) is 119 Å². The molecule has 22 heteroatoms. The third kappa shape index (κ3) is 11.0. The fourth-order valence-corrected chi connectivity index (χ4v) is 15.7. The number of carboxylic acids is 1. The summed E-state index contributed by atoms with van der Waals surface area (Å²) in [7, 11) is 0. The third-order valence-corrected chi connectivity index (χ3v) is 20.9. The summed E-state index contributed by atoms with van der Waals surface area (Å²) in [5, 5.41) is 119. The standard InChI is InChI=1S/C58H92O22/c1-13-27(3)48(71)79-45-46(80-49(72)28(4)14-2)58(26-61)31(21-53(45,6)7)30-15-16-36-55(10)19-18-38(54(8,9)35(55)17-20-56(36,11)57(30,12)22-37(58)63)77-50(29(5)74-52-43(68)41(66)39(64)33(23-59)76-52)78-44(47(69)70)32(62)25-73-51-42(67)40(65)34(24-60)75-51/h13-15,29,31-46,50-52,59-68H,16-26H2,1-12H3,(H,69,70)/b27-13-,28-14-/t29-,31?,32-,33?,34-,35?,36?,37+,38-,39-,40?,41?,42-,43-,44?,45-,46-,50+,51+,52+,55-,56+,57+,58-/m0/s1. The molecule has 24 atom stereocenters. The van der Waals surface area contributed by atoms with E-state index in [-0.39, 0.29) is 23.7 Å². The highest BCUT2D eigenvalue weighted by molar-refractivity contribution is 5.89. The summed E-state index contributed by atoms with van der Waals surface area (Å²) in [5.41, 5.74) is -2.59. The highest BCUT2D eigenvalue weighted by Crippen LogP contribution is 2.76. The van der Waals surface area contributed by atoms with Crippen molar-refractivity contribution in [2.24, 2.45) is 50.2 Å². The molecule has 456 valence electrons. The van der Waals surface area contributed by atoms with Crippen molar-refractivity contribution in [2.75, 3.05) is 26.4 Å². The molecule has 11 N–H and O–H groups in total. The van der Waals surface area contributed by atoms with Crippen LogP contribution in [0.4, 0.5) is 0 Å². The Morgan fingerprint density at radius 3 is 1.86 bits per heavy atom. The molecule has 0 aromatic heterocycles. The molecule has 0 bridgehead atoms. The van der Waals surface area contributed by atoms with Crippen LogP contribution in [0.5, 0.6) is 0 Å². The molecule has 22 nitrogen and oxygen atoms in total. The van der Waals surface area contributed by atoms with Gasteiger partial charge in [-0.3, -0.25) is 0 Å². The number of aliphatic hydroxyl groups is 10. The van der Waals surface area contributed by atoms with Gasteiger partial charge in [0.25, 0.3) is 0 Å². The van der Waals surface area contributed by atoms with E-state index in [1.165, 1.54) is 6.92 Å². The van der Waals surface area contributed by atoms with E-state index in [2.05, 4.69) is 40.7 Å². The number of rotatable bonds is 19. The number of hydrogen-bond donors (Lipinski definition) is 11. The average molecular weight is 1140 g/mol. The quantitative estimate of drug-likeness (QED) is 0.0381. The first-order valence-corrected chi connectivity index (χ1v) is 28.4. The molecule has 0 spiro atoms. The lowest BCUT2D eigenvalue weighted by Gasteiger charge is -2.72. The van der Waals surface area contributed by atoms with E-state index >= 15 is 0 Å². The van der Waals surface area contributed by atoms with E-state index in [1.807, 2.05) is 13.8 Å². The first-order valence-electron chi connectivity index (χ1n) is 28.4. The van der Waals surface area contributed by atoms with Crippen molar-refractivity contribution in [1.82, 2.24) is 0 Å². The van der Waals surface area contributed by atoms with Gasteiger partial charge >= 0.3 is 17.9 Å². The highest BCUT2D eigenvalue weighted by Gasteiger charge is 2.74. The Morgan fingerprint density at radius 1 is 0.738 bits per heavy atom. The van der Waals surface area contributed by atoms with Crippen LogP contribution >= 0.6 is 0 Å². The zero-order valence-electron chi connectivity index (χ0n) is 48.5. The SMILES string of the molecule is C/C=C(/C)C(=O)O[C@H]1[C@H](OC(=O)/C(C)=C\C)[C@@]2(CO)C(CC1(C)C)C1=CCC3[C@@]4(C)CC[C@H](O[C@H](OC(C(=O)O)[C@@H](O)CO[C@@H]5O[C@@H](CO)C(O)[C@@H]5O)[C@H](C)O[C@@H]5OC(CO)[C@H](O)C(O)[C@@H]5O)C(C)(C)C4CC[C@@]3(C)[C@]1(C)C[C@H]2O. The Bertz CT molecular complexity index is 2320. The number of carboxylic acid groups (broad SMARTS) is 1. The van der Waals surface area contributed by atoms with Gasteiger partial charge in [-0.1, -0.05) is 72.3 Å². The van der Waals surface area contributed by atoms with Crippen LogP contribution in [0.15, 0.2) is 34.9 Å². The first-order chi connectivity index (χ1) is 37.3. The van der Waals surface area contributed by atoms with Gasteiger partial charge < -0.3 is 94.1 Å². The molecule has 2 heterocycles. The summed E-state index contributed by atoms with van der Waals surface area (Å²) in [6, 6.07) is 0. The van der Waals surface area contributed by atoms with Crippen LogP contribution in [-0.4, -0.2) is 205 Å². The van der Waals surface area contributed by atoms with Gasteiger partial charge in [0.2, 0.25) is 0 Å². The van der Waals surface area contributed by atoms with Crippen LogP contribution < -0.4 is 0 Å². The summed E-state index contributed by atoms with van der Waals surface area (Å²) in [6.45, 7) is 20.3. The van der Waals surface area contributed by atoms with Crippen molar-refractivity contribution in [3.8, 4) is 0 Å². The van der Waals surface area contributed by atoms with Crippen molar-refractivity contribution in [1.29, 1.82) is 0 Å². The number of aliphatic hydroxyl groups excluding tert-OH is 10. The van der Waals surface area contributed by atoms with Crippen LogP contribution in [0.3, 0.4) is 0 Å². The second-order valence-electron chi connectivity index (χ2n) is 26.0. The van der Waals surface area contributed by atoms with E-state index in [0.29, 0.717) is 49.7 Å². The maximum atomic E-state index is 13.8. The molecule has 7 aliphatic rings. The van der Waals surface area contributed by atoms with Crippen molar-refractivity contribution in [3.63, 3.8) is 0 Å². The van der Waals surface area contributed by atoms with Crippen LogP contribution in [0.25, 0.3) is 0 Å². The predicted molar refractivity (Wildman–Crippen MR) is 282 cm³/mol. The topological polar surface area (TPSA) is 348 Å². The number of aliphatic carboxylic acids is 1. The molecular formula is C58H92O22. The number of fused-ring (bicyclic) bond motifs is 7. The van der Waals surface area contributed by atoms with Crippen LogP contribution in [0.2, 0.25) is 0 Å². The Morgan fingerprint density at radius 2 is 1.30 bits per heavy atom. The lowest BCUT2D eigenvalue weighted by molar-refractivity contribution is -0.343. The molecule has 7 rings (SSSR count). The van der Waals surface area contributed by atoms with Gasteiger partial charge in [-0.15, -0.1) is 0 Å². The van der Waals surface area contributed by atoms with Crippen molar-refractivity contribution in [3.05, 3.63) is 34.9 Å².